The van der Waals surface area contributed by atoms with Gasteiger partial charge in [0.25, 0.3) is 0 Å². The van der Waals surface area contributed by atoms with Gasteiger partial charge in [0.1, 0.15) is 0 Å². The maximum atomic E-state index is 6.86. The highest BCUT2D eigenvalue weighted by atomic mass is 16.5. The molecule has 0 spiro atoms. The summed E-state index contributed by atoms with van der Waals surface area (Å²) in [6, 6.07) is 45.8. The van der Waals surface area contributed by atoms with Crippen molar-refractivity contribution in [3.05, 3.63) is 167 Å². The van der Waals surface area contributed by atoms with Crippen LogP contribution in [0.2, 0.25) is 0 Å². The molecule has 0 fully saturated rings. The first-order valence-electron chi connectivity index (χ1n) is 17.3. The van der Waals surface area contributed by atoms with Gasteiger partial charge in [-0.1, -0.05) is 78.9 Å². The smallest absolute Gasteiger partial charge is 0.0956 e. The van der Waals surface area contributed by atoms with Crippen molar-refractivity contribution in [3.63, 3.8) is 0 Å². The van der Waals surface area contributed by atoms with Crippen LogP contribution >= 0.6 is 0 Å². The summed E-state index contributed by atoms with van der Waals surface area (Å²) in [6.45, 7) is 0.584. The average molecular weight is 665 g/mol. The molecule has 0 saturated carbocycles. The maximum absolute atomic E-state index is 6.86. The minimum Gasteiger partial charge on any atom is -0.378 e. The van der Waals surface area contributed by atoms with Crippen LogP contribution in [-0.4, -0.2) is 69.1 Å². The highest BCUT2D eigenvalue weighted by Crippen LogP contribution is 2.32. The second-order valence-corrected chi connectivity index (χ2v) is 13.5. The second-order valence-electron chi connectivity index (χ2n) is 13.5. The molecular weight excluding hydrogens is 613 g/mol. The van der Waals surface area contributed by atoms with Crippen molar-refractivity contribution in [1.82, 2.24) is 0 Å². The highest BCUT2D eigenvalue weighted by molar-refractivity contribution is 5.84. The first kappa shape index (κ1) is 36.0. The van der Waals surface area contributed by atoms with Crippen LogP contribution in [0, 0.1) is 0 Å². The van der Waals surface area contributed by atoms with Gasteiger partial charge in [0.15, 0.2) is 0 Å². The standard InChI is InChI=1S/C45H52N4O/c1-46(2)39-22-14-35(15-23-39)44(36-16-24-40(25-17-36)47(3)4)32-43(50-31-30-34-12-10-9-11-13-34)33-45(37-18-26-41(27-19-37)48(5)6)38-20-28-42(29-21-38)49(7)8/h9-29,32-33,43H,30-31H2,1-8H3. The fraction of sp³-hybridized carbons (Fsp3) is 0.244. The van der Waals surface area contributed by atoms with E-state index in [9.17, 15) is 0 Å². The Morgan fingerprint density at radius 3 is 1.02 bits per heavy atom. The van der Waals surface area contributed by atoms with Gasteiger partial charge in [0.05, 0.1) is 12.7 Å². The maximum Gasteiger partial charge on any atom is 0.0956 e. The molecule has 0 aliphatic rings. The summed E-state index contributed by atoms with van der Waals surface area (Å²) >= 11 is 0. The minimum atomic E-state index is -0.312. The number of nitrogens with zero attached hydrogens (tertiary/aromatic N) is 4. The molecule has 5 nitrogen and oxygen atoms in total. The van der Waals surface area contributed by atoms with E-state index in [1.807, 2.05) is 0 Å². The lowest BCUT2D eigenvalue weighted by Gasteiger charge is -2.20. The molecule has 0 aliphatic carbocycles. The lowest BCUT2D eigenvalue weighted by atomic mass is 9.93. The third kappa shape index (κ3) is 9.46. The van der Waals surface area contributed by atoms with Gasteiger partial charge in [0.2, 0.25) is 0 Å². The van der Waals surface area contributed by atoms with Gasteiger partial charge >= 0.3 is 0 Å². The zero-order valence-corrected chi connectivity index (χ0v) is 31.0. The van der Waals surface area contributed by atoms with Gasteiger partial charge in [-0.2, -0.15) is 0 Å². The van der Waals surface area contributed by atoms with Gasteiger partial charge in [-0.05, 0) is 106 Å². The number of hydrogen-bond acceptors (Lipinski definition) is 5. The SMILES string of the molecule is CN(C)c1ccc(C(=CC(C=C(c2ccc(N(C)C)cc2)c2ccc(N(C)C)cc2)OCCc2ccccc2)c2ccc(N(C)C)cc2)cc1. The molecule has 0 aliphatic heterocycles. The zero-order valence-electron chi connectivity index (χ0n) is 31.0. The van der Waals surface area contributed by atoms with Crippen molar-refractivity contribution in [2.45, 2.75) is 12.5 Å². The molecule has 0 atom stereocenters. The quantitative estimate of drug-likeness (QED) is 0.118. The molecule has 5 rings (SSSR count). The lowest BCUT2D eigenvalue weighted by molar-refractivity contribution is 0.119. The van der Waals surface area contributed by atoms with Gasteiger partial charge < -0.3 is 24.3 Å². The third-order valence-corrected chi connectivity index (χ3v) is 8.98. The Labute approximate surface area is 300 Å². The summed E-state index contributed by atoms with van der Waals surface area (Å²) in [6.07, 6.45) is 5.10. The number of rotatable bonds is 14. The summed E-state index contributed by atoms with van der Waals surface area (Å²) < 4.78 is 6.86. The summed E-state index contributed by atoms with van der Waals surface area (Å²) in [7, 11) is 16.6. The van der Waals surface area contributed by atoms with E-state index in [0.29, 0.717) is 6.61 Å². The molecule has 0 unspecified atom stereocenters. The molecule has 0 saturated heterocycles. The Bertz CT molecular complexity index is 1610. The summed E-state index contributed by atoms with van der Waals surface area (Å²) in [5.41, 5.74) is 12.8. The topological polar surface area (TPSA) is 22.2 Å². The molecule has 0 heterocycles. The van der Waals surface area contributed by atoms with Crippen molar-refractivity contribution in [2.75, 3.05) is 82.6 Å². The van der Waals surface area contributed by atoms with Gasteiger partial charge in [-0.25, -0.2) is 0 Å². The Morgan fingerprint density at radius 1 is 0.440 bits per heavy atom. The summed E-state index contributed by atoms with van der Waals surface area (Å²) in [5, 5.41) is 0. The van der Waals surface area contributed by atoms with Crippen LogP contribution in [0.15, 0.2) is 140 Å². The molecule has 50 heavy (non-hydrogen) atoms. The van der Waals surface area contributed by atoms with Crippen molar-refractivity contribution < 1.29 is 4.74 Å². The van der Waals surface area contributed by atoms with Crippen LogP contribution in [0.1, 0.15) is 27.8 Å². The Morgan fingerprint density at radius 2 is 0.740 bits per heavy atom. The van der Waals surface area contributed by atoms with E-state index in [1.54, 1.807) is 0 Å². The third-order valence-electron chi connectivity index (χ3n) is 8.98. The van der Waals surface area contributed by atoms with Crippen molar-refractivity contribution in [3.8, 4) is 0 Å². The first-order valence-corrected chi connectivity index (χ1v) is 17.3. The second kappa shape index (κ2) is 16.9. The Hall–Kier alpha value is -5.26. The predicted octanol–water partition coefficient (Wildman–Crippen LogP) is 9.14. The van der Waals surface area contributed by atoms with Crippen molar-refractivity contribution in [2.24, 2.45) is 0 Å². The van der Waals surface area contributed by atoms with Crippen LogP contribution in [0.5, 0.6) is 0 Å². The monoisotopic (exact) mass is 664 g/mol. The van der Waals surface area contributed by atoms with Crippen molar-refractivity contribution in [1.29, 1.82) is 0 Å². The normalized spacial score (nSPS) is 10.8. The highest BCUT2D eigenvalue weighted by Gasteiger charge is 2.15. The molecule has 5 aromatic rings. The van der Waals surface area contributed by atoms with Crippen molar-refractivity contribution >= 4 is 33.9 Å². The van der Waals surface area contributed by atoms with Crippen LogP contribution in [0.3, 0.4) is 0 Å². The zero-order chi connectivity index (χ0) is 35.6. The van der Waals surface area contributed by atoms with E-state index < -0.39 is 0 Å². The fourth-order valence-corrected chi connectivity index (χ4v) is 5.91. The predicted molar refractivity (Wildman–Crippen MR) is 217 cm³/mol. The summed E-state index contributed by atoms with van der Waals surface area (Å²) in [5.74, 6) is 0. The van der Waals surface area contributed by atoms with E-state index in [4.69, 9.17) is 4.74 Å². The first-order chi connectivity index (χ1) is 24.1. The Balaban J connectivity index is 1.66. The van der Waals surface area contributed by atoms with E-state index in [-0.39, 0.29) is 6.10 Å². The lowest BCUT2D eigenvalue weighted by Crippen LogP contribution is -2.13. The largest absolute Gasteiger partial charge is 0.378 e. The van der Waals surface area contributed by atoms with Gasteiger partial charge in [-0.3, -0.25) is 0 Å². The van der Waals surface area contributed by atoms with Crippen LogP contribution < -0.4 is 19.6 Å². The van der Waals surface area contributed by atoms with Gasteiger partial charge in [0, 0.05) is 79.1 Å². The minimum absolute atomic E-state index is 0.312. The average Bonchev–Trinajstić information content (AvgIpc) is 3.13. The molecule has 5 heteroatoms. The van der Waals surface area contributed by atoms with Gasteiger partial charge in [-0.15, -0.1) is 0 Å². The number of hydrogen-bond donors (Lipinski definition) is 0. The molecule has 0 amide bonds. The number of benzene rings is 5. The molecular formula is C45H52N4O. The molecule has 0 N–H and O–H groups in total. The molecule has 0 radical (unpaired) electrons. The molecule has 258 valence electrons. The van der Waals surface area contributed by atoms with E-state index in [1.165, 1.54) is 5.56 Å². The van der Waals surface area contributed by atoms with E-state index >= 15 is 0 Å². The Kier molecular flexibility index (Phi) is 12.2. The van der Waals surface area contributed by atoms with Crippen LogP contribution in [0.25, 0.3) is 11.1 Å². The molecule has 0 aromatic heterocycles. The van der Waals surface area contributed by atoms with E-state index in [2.05, 4.69) is 216 Å². The van der Waals surface area contributed by atoms with Crippen LogP contribution in [0.4, 0.5) is 22.7 Å². The molecule has 0 bridgehead atoms. The number of anilines is 4. The summed E-state index contributed by atoms with van der Waals surface area (Å²) in [4.78, 5) is 8.53. The molecule has 5 aromatic carbocycles. The van der Waals surface area contributed by atoms with E-state index in [0.717, 1.165) is 62.6 Å². The number of ether oxygens (including phenoxy) is 1. The fourth-order valence-electron chi connectivity index (χ4n) is 5.91. The van der Waals surface area contributed by atoms with Crippen LogP contribution in [-0.2, 0) is 11.2 Å².